The molecule has 0 aliphatic carbocycles. The van der Waals surface area contributed by atoms with Gasteiger partial charge >= 0.3 is 0 Å². The number of phenolic OH excluding ortho intramolecular Hbond substituents is 1. The molecule has 9 heteroatoms. The van der Waals surface area contributed by atoms with Gasteiger partial charge in [0.25, 0.3) is 15.9 Å². The van der Waals surface area contributed by atoms with E-state index in [2.05, 4.69) is 15.2 Å². The molecule has 1 amide bonds. The number of nitrogens with one attached hydrogen (secondary N) is 2. The summed E-state index contributed by atoms with van der Waals surface area (Å²) in [6.07, 6.45) is 1.40. The summed E-state index contributed by atoms with van der Waals surface area (Å²) in [5.41, 5.74) is 3.67. The van der Waals surface area contributed by atoms with Gasteiger partial charge < -0.3 is 5.11 Å². The van der Waals surface area contributed by atoms with E-state index in [0.29, 0.717) is 16.8 Å². The molecular weight excluding hydrogens is 386 g/mol. The topological polar surface area (TPSA) is 108 Å². The van der Waals surface area contributed by atoms with E-state index in [4.69, 9.17) is 0 Å². The Bertz CT molecular complexity index is 1060. The maximum absolute atomic E-state index is 12.2. The van der Waals surface area contributed by atoms with Crippen molar-refractivity contribution >= 4 is 39.2 Å². The number of carbonyl (C=O) groups is 1. The SMILES string of the molecule is O=C(N/N=C/c1cccc(O)c1)c1ccc(NS(=O)(=O)c2cccs2)cc1. The maximum Gasteiger partial charge on any atom is 0.271 e. The van der Waals surface area contributed by atoms with Crippen molar-refractivity contribution in [2.75, 3.05) is 4.72 Å². The number of anilines is 1. The molecule has 27 heavy (non-hydrogen) atoms. The summed E-state index contributed by atoms with van der Waals surface area (Å²) in [6.45, 7) is 0. The second-order valence-electron chi connectivity index (χ2n) is 5.41. The molecule has 0 spiro atoms. The zero-order chi connectivity index (χ0) is 19.3. The number of sulfonamides is 1. The lowest BCUT2D eigenvalue weighted by Crippen LogP contribution is -2.17. The molecule has 3 rings (SSSR count). The van der Waals surface area contributed by atoms with Gasteiger partial charge in [0.05, 0.1) is 6.21 Å². The van der Waals surface area contributed by atoms with E-state index < -0.39 is 15.9 Å². The zero-order valence-electron chi connectivity index (χ0n) is 13.9. The fourth-order valence-corrected chi connectivity index (χ4v) is 4.20. The number of carbonyl (C=O) groups excluding carboxylic acids is 1. The van der Waals surface area contributed by atoms with Crippen LogP contribution in [-0.4, -0.2) is 25.6 Å². The molecule has 0 radical (unpaired) electrons. The van der Waals surface area contributed by atoms with Crippen molar-refractivity contribution in [3.63, 3.8) is 0 Å². The highest BCUT2D eigenvalue weighted by atomic mass is 32.2. The number of thiophene rings is 1. The summed E-state index contributed by atoms with van der Waals surface area (Å²) in [5.74, 6) is -0.343. The van der Waals surface area contributed by atoms with Crippen LogP contribution in [0.4, 0.5) is 5.69 Å². The largest absolute Gasteiger partial charge is 0.508 e. The highest BCUT2D eigenvalue weighted by Crippen LogP contribution is 2.20. The summed E-state index contributed by atoms with van der Waals surface area (Å²) in [5, 5.41) is 14.9. The molecule has 0 fully saturated rings. The van der Waals surface area contributed by atoms with Gasteiger partial charge in [0.2, 0.25) is 0 Å². The molecule has 0 aliphatic rings. The first-order valence-corrected chi connectivity index (χ1v) is 10.1. The van der Waals surface area contributed by atoms with Gasteiger partial charge in [-0.05, 0) is 53.4 Å². The number of benzene rings is 2. The Morgan fingerprint density at radius 3 is 2.52 bits per heavy atom. The fraction of sp³-hybridized carbons (Fsp3) is 0. The molecule has 0 saturated carbocycles. The molecule has 1 heterocycles. The number of aromatic hydroxyl groups is 1. The van der Waals surface area contributed by atoms with Crippen LogP contribution in [-0.2, 0) is 10.0 Å². The third-order valence-electron chi connectivity index (χ3n) is 3.41. The Labute approximate surface area is 160 Å². The quantitative estimate of drug-likeness (QED) is 0.436. The van der Waals surface area contributed by atoms with Crippen molar-refractivity contribution in [1.29, 1.82) is 0 Å². The average Bonchev–Trinajstić information content (AvgIpc) is 3.18. The molecular formula is C18H15N3O4S2. The van der Waals surface area contributed by atoms with E-state index in [-0.39, 0.29) is 9.96 Å². The summed E-state index contributed by atoms with van der Waals surface area (Å²) in [7, 11) is -3.63. The molecule has 0 atom stereocenters. The van der Waals surface area contributed by atoms with Crippen LogP contribution >= 0.6 is 11.3 Å². The zero-order valence-corrected chi connectivity index (χ0v) is 15.5. The smallest absolute Gasteiger partial charge is 0.271 e. The molecule has 3 N–H and O–H groups in total. The van der Waals surface area contributed by atoms with E-state index in [1.54, 1.807) is 23.6 Å². The Hall–Kier alpha value is -3.17. The molecule has 2 aromatic carbocycles. The Balaban J connectivity index is 1.62. The minimum Gasteiger partial charge on any atom is -0.508 e. The van der Waals surface area contributed by atoms with Gasteiger partial charge in [-0.25, -0.2) is 13.8 Å². The van der Waals surface area contributed by atoms with Crippen LogP contribution in [0.2, 0.25) is 0 Å². The molecule has 0 unspecified atom stereocenters. The first-order chi connectivity index (χ1) is 12.9. The van der Waals surface area contributed by atoms with Crippen molar-refractivity contribution in [3.05, 3.63) is 77.2 Å². The van der Waals surface area contributed by atoms with Gasteiger partial charge in [0.1, 0.15) is 9.96 Å². The highest BCUT2D eigenvalue weighted by Gasteiger charge is 2.15. The predicted octanol–water partition coefficient (Wildman–Crippen LogP) is 3.02. The number of nitrogens with zero attached hydrogens (tertiary/aromatic N) is 1. The number of hydrogen-bond donors (Lipinski definition) is 3. The van der Waals surface area contributed by atoms with E-state index in [1.807, 2.05) is 0 Å². The van der Waals surface area contributed by atoms with E-state index in [1.165, 1.54) is 48.7 Å². The minimum absolute atomic E-state index is 0.103. The van der Waals surface area contributed by atoms with Crippen LogP contribution < -0.4 is 10.1 Å². The lowest BCUT2D eigenvalue weighted by Gasteiger charge is -2.07. The molecule has 1 aromatic heterocycles. The first-order valence-electron chi connectivity index (χ1n) is 7.73. The number of phenols is 1. The lowest BCUT2D eigenvalue weighted by atomic mass is 10.2. The van der Waals surface area contributed by atoms with Crippen molar-refractivity contribution in [2.24, 2.45) is 5.10 Å². The number of amides is 1. The molecule has 7 nitrogen and oxygen atoms in total. The number of rotatable bonds is 6. The Morgan fingerprint density at radius 1 is 1.07 bits per heavy atom. The normalized spacial score (nSPS) is 11.4. The average molecular weight is 401 g/mol. The second kappa shape index (κ2) is 8.02. The summed E-state index contributed by atoms with van der Waals surface area (Å²) < 4.78 is 27.0. The van der Waals surface area contributed by atoms with Gasteiger partial charge in [-0.15, -0.1) is 11.3 Å². The van der Waals surface area contributed by atoms with Crippen LogP contribution in [0.15, 0.2) is 75.4 Å². The fourth-order valence-electron chi connectivity index (χ4n) is 2.15. The summed E-state index contributed by atoms with van der Waals surface area (Å²) in [4.78, 5) is 12.1. The standard InChI is InChI=1S/C18H15N3O4S2/c22-16-4-1-3-13(11-16)12-19-20-18(23)14-6-8-15(9-7-14)21-27(24,25)17-5-2-10-26-17/h1-12,21-22H,(H,20,23)/b19-12+. The van der Waals surface area contributed by atoms with E-state index in [0.717, 1.165) is 11.3 Å². The minimum atomic E-state index is -3.63. The molecule has 138 valence electrons. The van der Waals surface area contributed by atoms with Crippen LogP contribution in [0.5, 0.6) is 5.75 Å². The van der Waals surface area contributed by atoms with Crippen molar-refractivity contribution in [2.45, 2.75) is 4.21 Å². The van der Waals surface area contributed by atoms with Crippen molar-refractivity contribution in [1.82, 2.24) is 5.43 Å². The van der Waals surface area contributed by atoms with Gasteiger partial charge in [-0.2, -0.15) is 5.10 Å². The monoisotopic (exact) mass is 401 g/mol. The van der Waals surface area contributed by atoms with Crippen LogP contribution in [0.25, 0.3) is 0 Å². The van der Waals surface area contributed by atoms with Crippen LogP contribution in [0.1, 0.15) is 15.9 Å². The maximum atomic E-state index is 12.2. The Morgan fingerprint density at radius 2 is 1.85 bits per heavy atom. The highest BCUT2D eigenvalue weighted by molar-refractivity contribution is 7.94. The van der Waals surface area contributed by atoms with E-state index in [9.17, 15) is 18.3 Å². The van der Waals surface area contributed by atoms with Gasteiger partial charge in [-0.1, -0.05) is 18.2 Å². The first kappa shape index (κ1) is 18.6. The predicted molar refractivity (Wildman–Crippen MR) is 105 cm³/mol. The lowest BCUT2D eigenvalue weighted by molar-refractivity contribution is 0.0955. The second-order valence-corrected chi connectivity index (χ2v) is 8.27. The molecule has 0 saturated heterocycles. The Kier molecular flexibility index (Phi) is 5.53. The van der Waals surface area contributed by atoms with Gasteiger partial charge in [0, 0.05) is 11.3 Å². The van der Waals surface area contributed by atoms with Crippen molar-refractivity contribution < 1.29 is 18.3 Å². The van der Waals surface area contributed by atoms with E-state index >= 15 is 0 Å². The molecule has 0 aliphatic heterocycles. The molecule has 3 aromatic rings. The summed E-state index contributed by atoms with van der Waals surface area (Å²) in [6, 6.07) is 15.6. The van der Waals surface area contributed by atoms with Gasteiger partial charge in [0.15, 0.2) is 0 Å². The summed E-state index contributed by atoms with van der Waals surface area (Å²) >= 11 is 1.12. The van der Waals surface area contributed by atoms with Crippen LogP contribution in [0.3, 0.4) is 0 Å². The third-order valence-corrected chi connectivity index (χ3v) is 6.19. The molecule has 0 bridgehead atoms. The number of hydrogen-bond acceptors (Lipinski definition) is 6. The number of hydrazone groups is 1. The third kappa shape index (κ3) is 4.93. The van der Waals surface area contributed by atoms with Gasteiger partial charge in [-0.3, -0.25) is 9.52 Å². The van der Waals surface area contributed by atoms with Crippen LogP contribution in [0, 0.1) is 0 Å². The van der Waals surface area contributed by atoms with Crippen molar-refractivity contribution in [3.8, 4) is 5.75 Å².